The highest BCUT2D eigenvalue weighted by Gasteiger charge is 2.08. The van der Waals surface area contributed by atoms with E-state index in [1.54, 1.807) is 11.8 Å². The van der Waals surface area contributed by atoms with Gasteiger partial charge in [-0.3, -0.25) is 0 Å². The standard InChI is InChI=1S/C18H22BrNS/c1-13(2)10-14-4-3-5-15(11-14)18(20)12-21-17-8-6-16(19)7-9-17/h3-9,11,13,18H,10,12,20H2,1-2H3. The minimum atomic E-state index is 0.0748. The molecule has 2 aromatic rings. The van der Waals surface area contributed by atoms with Crippen molar-refractivity contribution in [2.24, 2.45) is 11.7 Å². The van der Waals surface area contributed by atoms with Crippen molar-refractivity contribution in [2.75, 3.05) is 5.75 Å². The lowest BCUT2D eigenvalue weighted by atomic mass is 9.99. The van der Waals surface area contributed by atoms with Gasteiger partial charge in [-0.15, -0.1) is 11.8 Å². The molecule has 0 spiro atoms. The number of nitrogens with two attached hydrogens (primary N) is 1. The Bertz CT molecular complexity index is 566. The van der Waals surface area contributed by atoms with E-state index in [0.717, 1.165) is 16.6 Å². The summed E-state index contributed by atoms with van der Waals surface area (Å²) in [5.74, 6) is 1.57. The average Bonchev–Trinajstić information content (AvgIpc) is 2.46. The minimum Gasteiger partial charge on any atom is -0.323 e. The summed E-state index contributed by atoms with van der Waals surface area (Å²) in [6.45, 7) is 4.49. The Labute approximate surface area is 140 Å². The van der Waals surface area contributed by atoms with Crippen LogP contribution in [-0.4, -0.2) is 5.75 Å². The molecule has 0 aliphatic carbocycles. The summed E-state index contributed by atoms with van der Waals surface area (Å²) in [6.07, 6.45) is 1.11. The van der Waals surface area contributed by atoms with Crippen LogP contribution in [0.1, 0.15) is 31.0 Å². The highest BCUT2D eigenvalue weighted by Crippen LogP contribution is 2.25. The van der Waals surface area contributed by atoms with Crippen molar-refractivity contribution in [3.63, 3.8) is 0 Å². The van der Waals surface area contributed by atoms with Gasteiger partial charge < -0.3 is 5.73 Å². The van der Waals surface area contributed by atoms with Gasteiger partial charge in [-0.1, -0.05) is 54.0 Å². The predicted octanol–water partition coefficient (Wildman–Crippen LogP) is 5.44. The summed E-state index contributed by atoms with van der Waals surface area (Å²) >= 11 is 5.26. The van der Waals surface area contributed by atoms with E-state index >= 15 is 0 Å². The molecule has 1 unspecified atom stereocenters. The third-order valence-electron chi connectivity index (χ3n) is 3.27. The van der Waals surface area contributed by atoms with Gasteiger partial charge in [0.2, 0.25) is 0 Å². The molecule has 0 aromatic heterocycles. The molecule has 2 rings (SSSR count). The first-order chi connectivity index (χ1) is 10.0. The molecule has 0 amide bonds. The van der Waals surface area contributed by atoms with Crippen molar-refractivity contribution in [3.8, 4) is 0 Å². The van der Waals surface area contributed by atoms with E-state index in [1.807, 2.05) is 0 Å². The van der Waals surface area contributed by atoms with E-state index < -0.39 is 0 Å². The number of benzene rings is 2. The molecule has 0 bridgehead atoms. The molecule has 0 heterocycles. The number of hydrogen-bond donors (Lipinski definition) is 1. The van der Waals surface area contributed by atoms with Gasteiger partial charge in [0.15, 0.2) is 0 Å². The van der Waals surface area contributed by atoms with Crippen molar-refractivity contribution in [1.29, 1.82) is 0 Å². The Hall–Kier alpha value is -0.770. The highest BCUT2D eigenvalue weighted by atomic mass is 79.9. The molecule has 2 N–H and O–H groups in total. The molecule has 1 atom stereocenters. The lowest BCUT2D eigenvalue weighted by Gasteiger charge is -2.14. The Morgan fingerprint density at radius 1 is 1.10 bits per heavy atom. The largest absolute Gasteiger partial charge is 0.323 e. The summed E-state index contributed by atoms with van der Waals surface area (Å²) in [5, 5.41) is 0. The fourth-order valence-corrected chi connectivity index (χ4v) is 3.39. The van der Waals surface area contributed by atoms with Gasteiger partial charge in [-0.2, -0.15) is 0 Å². The molecule has 3 heteroatoms. The van der Waals surface area contributed by atoms with Gasteiger partial charge in [0.25, 0.3) is 0 Å². The zero-order valence-electron chi connectivity index (χ0n) is 12.6. The number of rotatable bonds is 6. The van der Waals surface area contributed by atoms with E-state index in [1.165, 1.54) is 16.0 Å². The van der Waals surface area contributed by atoms with Crippen LogP contribution < -0.4 is 5.73 Å². The van der Waals surface area contributed by atoms with Crippen molar-refractivity contribution in [3.05, 3.63) is 64.1 Å². The van der Waals surface area contributed by atoms with E-state index in [-0.39, 0.29) is 6.04 Å². The molecule has 1 nitrogen and oxygen atoms in total. The second-order valence-electron chi connectivity index (χ2n) is 5.71. The van der Waals surface area contributed by atoms with Gasteiger partial charge in [0, 0.05) is 21.2 Å². The van der Waals surface area contributed by atoms with E-state index in [9.17, 15) is 0 Å². The van der Waals surface area contributed by atoms with Gasteiger partial charge in [-0.05, 0) is 47.7 Å². The molecular weight excluding hydrogens is 342 g/mol. The summed E-state index contributed by atoms with van der Waals surface area (Å²) in [4.78, 5) is 1.26. The normalized spacial score (nSPS) is 12.6. The fourth-order valence-electron chi connectivity index (χ4n) is 2.24. The van der Waals surface area contributed by atoms with Gasteiger partial charge in [-0.25, -0.2) is 0 Å². The van der Waals surface area contributed by atoms with Crippen molar-refractivity contribution in [1.82, 2.24) is 0 Å². The van der Waals surface area contributed by atoms with Crippen LogP contribution in [0.25, 0.3) is 0 Å². The average molecular weight is 364 g/mol. The van der Waals surface area contributed by atoms with Crippen molar-refractivity contribution >= 4 is 27.7 Å². The topological polar surface area (TPSA) is 26.0 Å². The molecule has 21 heavy (non-hydrogen) atoms. The SMILES string of the molecule is CC(C)Cc1cccc(C(N)CSc2ccc(Br)cc2)c1. The first kappa shape index (κ1) is 16.6. The summed E-state index contributed by atoms with van der Waals surface area (Å²) in [5.41, 5.74) is 8.96. The Morgan fingerprint density at radius 2 is 1.81 bits per heavy atom. The first-order valence-electron chi connectivity index (χ1n) is 7.27. The maximum Gasteiger partial charge on any atom is 0.0390 e. The number of halogens is 1. The van der Waals surface area contributed by atoms with Crippen LogP contribution in [0.2, 0.25) is 0 Å². The van der Waals surface area contributed by atoms with Crippen LogP contribution in [0, 0.1) is 5.92 Å². The lowest BCUT2D eigenvalue weighted by molar-refractivity contribution is 0.646. The van der Waals surface area contributed by atoms with E-state index in [2.05, 4.69) is 78.3 Å². The van der Waals surface area contributed by atoms with Crippen molar-refractivity contribution in [2.45, 2.75) is 31.2 Å². The zero-order valence-corrected chi connectivity index (χ0v) is 15.0. The Morgan fingerprint density at radius 3 is 2.48 bits per heavy atom. The van der Waals surface area contributed by atoms with Crippen LogP contribution in [0.3, 0.4) is 0 Å². The molecule has 0 saturated carbocycles. The van der Waals surface area contributed by atoms with Crippen LogP contribution in [0.5, 0.6) is 0 Å². The maximum atomic E-state index is 6.34. The van der Waals surface area contributed by atoms with Gasteiger partial charge >= 0.3 is 0 Å². The number of thioether (sulfide) groups is 1. The zero-order chi connectivity index (χ0) is 15.2. The summed E-state index contributed by atoms with van der Waals surface area (Å²) in [6, 6.07) is 17.2. The second-order valence-corrected chi connectivity index (χ2v) is 7.72. The summed E-state index contributed by atoms with van der Waals surface area (Å²) in [7, 11) is 0. The molecule has 0 aliphatic rings. The molecule has 0 radical (unpaired) electrons. The third-order valence-corrected chi connectivity index (χ3v) is 4.93. The van der Waals surface area contributed by atoms with E-state index in [4.69, 9.17) is 5.73 Å². The predicted molar refractivity (Wildman–Crippen MR) is 96.8 cm³/mol. The minimum absolute atomic E-state index is 0.0748. The van der Waals surface area contributed by atoms with Crippen molar-refractivity contribution < 1.29 is 0 Å². The molecule has 0 aliphatic heterocycles. The van der Waals surface area contributed by atoms with Crippen LogP contribution in [0.4, 0.5) is 0 Å². The van der Waals surface area contributed by atoms with Crippen LogP contribution >= 0.6 is 27.7 Å². The van der Waals surface area contributed by atoms with E-state index in [0.29, 0.717) is 5.92 Å². The molecule has 2 aromatic carbocycles. The Kier molecular flexibility index (Phi) is 6.34. The number of hydrogen-bond acceptors (Lipinski definition) is 2. The quantitative estimate of drug-likeness (QED) is 0.691. The fraction of sp³-hybridized carbons (Fsp3) is 0.333. The van der Waals surface area contributed by atoms with Crippen LogP contribution in [-0.2, 0) is 6.42 Å². The maximum absolute atomic E-state index is 6.34. The van der Waals surface area contributed by atoms with Gasteiger partial charge in [0.05, 0.1) is 0 Å². The van der Waals surface area contributed by atoms with Crippen LogP contribution in [0.15, 0.2) is 57.9 Å². The molecule has 0 fully saturated rings. The first-order valence-corrected chi connectivity index (χ1v) is 9.05. The molecular formula is C18H22BrNS. The second kappa shape index (κ2) is 8.02. The highest BCUT2D eigenvalue weighted by molar-refractivity contribution is 9.10. The smallest absolute Gasteiger partial charge is 0.0390 e. The lowest BCUT2D eigenvalue weighted by Crippen LogP contribution is -2.13. The molecule has 112 valence electrons. The summed E-state index contributed by atoms with van der Waals surface area (Å²) < 4.78 is 1.11. The molecule has 0 saturated heterocycles. The third kappa shape index (κ3) is 5.50. The monoisotopic (exact) mass is 363 g/mol. The Balaban J connectivity index is 1.96. The van der Waals surface area contributed by atoms with Gasteiger partial charge in [0.1, 0.15) is 0 Å².